The predicted octanol–water partition coefficient (Wildman–Crippen LogP) is 1.54. The molecule has 3 aliphatic heterocycles. The number of thiazole rings is 1. The molecule has 0 spiro atoms. The summed E-state index contributed by atoms with van der Waals surface area (Å²) >= 11 is 11.1. The molecular weight excluding hydrogens is 672 g/mol. The lowest BCUT2D eigenvalue weighted by molar-refractivity contribution is -0.150. The summed E-state index contributed by atoms with van der Waals surface area (Å²) in [5, 5.41) is 30.5. The van der Waals surface area contributed by atoms with E-state index in [2.05, 4.69) is 31.1 Å². The van der Waals surface area contributed by atoms with Gasteiger partial charge in [0.15, 0.2) is 10.8 Å². The largest absolute Gasteiger partial charge is 0.477 e. The maximum Gasteiger partial charge on any atom is 0.353 e. The van der Waals surface area contributed by atoms with Crippen LogP contribution in [0.4, 0.5) is 5.13 Å². The highest BCUT2D eigenvalue weighted by Crippen LogP contribution is 2.46. The lowest BCUT2D eigenvalue weighted by atomic mass is 10.0. The van der Waals surface area contributed by atoms with Gasteiger partial charge in [0.25, 0.3) is 11.8 Å². The topological polar surface area (TPSA) is 212 Å². The fourth-order valence-corrected chi connectivity index (χ4v) is 9.18. The number of nitrogens with zero attached hydrogens (tertiary/aromatic N) is 4. The highest BCUT2D eigenvalue weighted by molar-refractivity contribution is 8.06. The average molecular weight is 699 g/mol. The number of hydrogen-bond donors (Lipinski definition) is 6. The van der Waals surface area contributed by atoms with E-state index in [1.807, 2.05) is 0 Å². The summed E-state index contributed by atoms with van der Waals surface area (Å²) in [6, 6.07) is 0.618. The minimum absolute atomic E-state index is 0.0142. The molecule has 234 valence electrons. The second kappa shape index (κ2) is 14.4. The molecule has 3 amide bonds. The normalized spacial score (nSPS) is 21.6. The maximum atomic E-state index is 13.1. The van der Waals surface area contributed by atoms with E-state index >= 15 is 0 Å². The zero-order valence-electron chi connectivity index (χ0n) is 22.8. The van der Waals surface area contributed by atoms with Gasteiger partial charge in [0.2, 0.25) is 5.91 Å². The van der Waals surface area contributed by atoms with Crippen LogP contribution in [0.25, 0.3) is 0 Å². The van der Waals surface area contributed by atoms with Crippen molar-refractivity contribution in [2.75, 3.05) is 30.3 Å². The quantitative estimate of drug-likeness (QED) is 0.0611. The first kappa shape index (κ1) is 32.4. The van der Waals surface area contributed by atoms with Crippen LogP contribution in [0.2, 0.25) is 4.34 Å². The molecule has 0 unspecified atom stereocenters. The third-order valence-corrected chi connectivity index (χ3v) is 11.6. The second-order valence-electron chi connectivity index (χ2n) is 9.64. The Kier molecular flexibility index (Phi) is 10.6. The van der Waals surface area contributed by atoms with Crippen molar-refractivity contribution in [3.63, 3.8) is 0 Å². The van der Waals surface area contributed by atoms with Crippen LogP contribution < -0.4 is 21.7 Å². The molecular formula is C25H27ClN8O6S4. The van der Waals surface area contributed by atoms with E-state index in [0.717, 1.165) is 46.1 Å². The van der Waals surface area contributed by atoms with Gasteiger partial charge in [0, 0.05) is 46.0 Å². The third-order valence-electron chi connectivity index (χ3n) is 6.84. The van der Waals surface area contributed by atoms with Gasteiger partial charge in [-0.1, -0.05) is 39.9 Å². The van der Waals surface area contributed by atoms with Crippen molar-refractivity contribution in [1.82, 2.24) is 30.8 Å². The number of carboxylic acid groups (broad SMARTS) is 1. The monoisotopic (exact) mass is 698 g/mol. The van der Waals surface area contributed by atoms with E-state index < -0.39 is 34.9 Å². The molecule has 5 rings (SSSR count). The Morgan fingerprint density at radius 2 is 2.16 bits per heavy atom. The molecule has 5 heterocycles. The molecule has 14 nitrogen and oxygen atoms in total. The van der Waals surface area contributed by atoms with Crippen molar-refractivity contribution in [2.24, 2.45) is 5.16 Å². The van der Waals surface area contributed by atoms with Gasteiger partial charge in [0.05, 0.1) is 6.04 Å². The summed E-state index contributed by atoms with van der Waals surface area (Å²) < 4.78 is 0.0364. The molecule has 19 heteroatoms. The number of pyridine rings is 1. The number of halogens is 1. The van der Waals surface area contributed by atoms with E-state index in [9.17, 15) is 29.5 Å². The lowest BCUT2D eigenvalue weighted by Gasteiger charge is -2.49. The van der Waals surface area contributed by atoms with Gasteiger partial charge in [0.1, 0.15) is 27.1 Å². The number of carboxylic acids is 1. The number of β-lactam (4-membered cyclic amide) rings is 1. The summed E-state index contributed by atoms with van der Waals surface area (Å²) in [4.78, 5) is 61.1. The summed E-state index contributed by atoms with van der Waals surface area (Å²) in [6.07, 6.45) is 5.18. The van der Waals surface area contributed by atoms with Gasteiger partial charge < -0.3 is 32.0 Å². The molecule has 2 aromatic rings. The first-order valence-corrected chi connectivity index (χ1v) is 17.5. The maximum absolute atomic E-state index is 13.1. The number of anilines is 1. The zero-order valence-corrected chi connectivity index (χ0v) is 26.8. The van der Waals surface area contributed by atoms with Gasteiger partial charge in [-0.2, -0.15) is 11.8 Å². The van der Waals surface area contributed by atoms with E-state index in [1.165, 1.54) is 23.5 Å². The number of nitrogen functional groups attached to an aromatic ring is 1. The van der Waals surface area contributed by atoms with Crippen molar-refractivity contribution in [1.29, 1.82) is 0 Å². The first-order valence-electron chi connectivity index (χ1n) is 13.2. The molecule has 0 saturated carbocycles. The number of hydrogen-bond acceptors (Lipinski definition) is 14. The van der Waals surface area contributed by atoms with Crippen molar-refractivity contribution in [3.05, 3.63) is 44.7 Å². The number of aliphatic carboxylic acids is 1. The van der Waals surface area contributed by atoms with E-state index in [-0.39, 0.29) is 38.6 Å². The molecule has 0 radical (unpaired) electrons. The van der Waals surface area contributed by atoms with Gasteiger partial charge in [-0.25, -0.2) is 9.78 Å². The molecule has 2 saturated heterocycles. The molecule has 44 heavy (non-hydrogen) atoms. The van der Waals surface area contributed by atoms with Crippen molar-refractivity contribution in [2.45, 2.75) is 40.9 Å². The Labute approximate surface area is 273 Å². The van der Waals surface area contributed by atoms with Crippen LogP contribution >= 0.6 is 58.2 Å². The van der Waals surface area contributed by atoms with Gasteiger partial charge in [-0.15, -0.1) is 11.8 Å². The molecule has 0 bridgehead atoms. The number of amides is 3. The minimum Gasteiger partial charge on any atom is -0.477 e. The Hall–Kier alpha value is -3.03. The lowest BCUT2D eigenvalue weighted by Crippen LogP contribution is -2.71. The molecule has 2 aromatic heterocycles. The number of fused-ring (bicyclic) bond motifs is 1. The smallest absolute Gasteiger partial charge is 0.353 e. The molecule has 0 aromatic carbocycles. The van der Waals surface area contributed by atoms with Gasteiger partial charge >= 0.3 is 5.97 Å². The number of nitrogens with two attached hydrogens (primary N) is 1. The molecule has 7 N–H and O–H groups in total. The molecule has 0 aliphatic carbocycles. The summed E-state index contributed by atoms with van der Waals surface area (Å²) in [5.41, 5.74) is 5.71. The Morgan fingerprint density at radius 3 is 2.84 bits per heavy atom. The summed E-state index contributed by atoms with van der Waals surface area (Å²) in [5.74, 6) is -1.22. The van der Waals surface area contributed by atoms with Crippen LogP contribution in [-0.2, 0) is 24.9 Å². The van der Waals surface area contributed by atoms with Crippen molar-refractivity contribution in [3.8, 4) is 0 Å². The molecule has 3 atom stereocenters. The Balaban J connectivity index is 1.21. The van der Waals surface area contributed by atoms with Crippen molar-refractivity contribution < 1.29 is 29.5 Å². The summed E-state index contributed by atoms with van der Waals surface area (Å²) in [6.45, 7) is 1.39. The van der Waals surface area contributed by atoms with Crippen LogP contribution in [0.5, 0.6) is 0 Å². The molecule has 2 fully saturated rings. The first-order chi connectivity index (χ1) is 21.2. The minimum atomic E-state index is -1.27. The number of carbonyl (C=O) groups is 4. The fraction of sp³-hybridized carbons (Fsp3) is 0.400. The van der Waals surface area contributed by atoms with E-state index in [4.69, 9.17) is 17.3 Å². The highest BCUT2D eigenvalue weighted by Gasteiger charge is 2.54. The van der Waals surface area contributed by atoms with Crippen LogP contribution in [-0.4, -0.2) is 96.6 Å². The van der Waals surface area contributed by atoms with Crippen LogP contribution in [0, 0.1) is 0 Å². The SMILES string of the molecule is Nc1nc(/C(=N/O)C(=O)N[C@@H]2C(=O)N3C(C(=O)O)=C(Sc4ccncc4CSCCNC(=O)[C@@H]4CCCN4)CS[C@H]23)c(Cl)s1. The number of oxime groups is 1. The van der Waals surface area contributed by atoms with Crippen molar-refractivity contribution >= 4 is 92.8 Å². The molecule has 3 aliphatic rings. The van der Waals surface area contributed by atoms with Gasteiger partial charge in [-0.05, 0) is 31.0 Å². The second-order valence-corrected chi connectivity index (χ2v) is 14.6. The standard InChI is InChI=1S/C25H27ClN8O6S4/c26-19-15(32-25(27)44-19)16(33-40)21(36)31-17-22(37)34-18(24(38)39)14(10-42-23(17)34)43-13-3-5-28-8-11(13)9-41-7-6-30-20(35)12-2-1-4-29-12/h3,5,8,12,17,23,29,40H,1-2,4,6-7,9-10H2,(H2,27,32)(H,30,35)(H,31,36)(H,38,39)/b33-16-/t12-,17+,23+/m0/s1. The number of thioether (sulfide) groups is 3. The Bertz CT molecular complexity index is 1530. The Morgan fingerprint density at radius 1 is 1.34 bits per heavy atom. The number of rotatable bonds is 12. The average Bonchev–Trinajstić information content (AvgIpc) is 3.66. The number of carbonyl (C=O) groups excluding carboxylic acids is 3. The van der Waals surface area contributed by atoms with Crippen LogP contribution in [0.3, 0.4) is 0 Å². The van der Waals surface area contributed by atoms with E-state index in [0.29, 0.717) is 23.0 Å². The predicted molar refractivity (Wildman–Crippen MR) is 170 cm³/mol. The number of nitrogens with one attached hydrogen (secondary N) is 3. The van der Waals surface area contributed by atoms with E-state index in [1.54, 1.807) is 30.2 Å². The highest BCUT2D eigenvalue weighted by atomic mass is 35.5. The number of aromatic nitrogens is 2. The third kappa shape index (κ3) is 6.94. The van der Waals surface area contributed by atoms with Crippen LogP contribution in [0.15, 0.2) is 39.1 Å². The van der Waals surface area contributed by atoms with Crippen LogP contribution in [0.1, 0.15) is 24.1 Å². The van der Waals surface area contributed by atoms with Gasteiger partial charge in [-0.3, -0.25) is 24.3 Å². The summed E-state index contributed by atoms with van der Waals surface area (Å²) in [7, 11) is 0. The fourth-order valence-electron chi connectivity index (χ4n) is 4.76. The zero-order chi connectivity index (χ0) is 31.4.